The Balaban J connectivity index is 2.12. The van der Waals surface area contributed by atoms with Crippen molar-refractivity contribution >= 4 is 17.3 Å². The van der Waals surface area contributed by atoms with Crippen LogP contribution in [-0.2, 0) is 4.79 Å². The minimum Gasteiger partial charge on any atom is -0.480 e. The number of halogens is 1. The van der Waals surface area contributed by atoms with Crippen molar-refractivity contribution in [1.82, 2.24) is 0 Å². The number of benzene rings is 2. The topological polar surface area (TPSA) is 64.3 Å². The molecule has 0 spiro atoms. The summed E-state index contributed by atoms with van der Waals surface area (Å²) in [5.74, 6) is -0.305. The maximum atomic E-state index is 13.7. The van der Waals surface area contributed by atoms with Crippen LogP contribution in [0.15, 0.2) is 42.5 Å². The van der Waals surface area contributed by atoms with Crippen molar-refractivity contribution in [3.63, 3.8) is 0 Å². The second-order valence-corrected chi connectivity index (χ2v) is 5.01. The summed E-state index contributed by atoms with van der Waals surface area (Å²) in [6.07, 6.45) is -0.244. The highest BCUT2D eigenvalue weighted by molar-refractivity contribution is 5.94. The zero-order valence-corrected chi connectivity index (χ0v) is 12.6. The zero-order valence-electron chi connectivity index (χ0n) is 12.6. The highest BCUT2D eigenvalue weighted by Crippen LogP contribution is 2.21. The van der Waals surface area contributed by atoms with Crippen LogP contribution in [0, 0.1) is 12.7 Å². The van der Waals surface area contributed by atoms with Crippen LogP contribution >= 0.6 is 0 Å². The smallest absolute Gasteiger partial charge is 0.265 e. The molecule has 2 aromatic carbocycles. The molecular weight excluding hydrogens is 283 g/mol. The molecule has 0 aliphatic rings. The first kappa shape index (κ1) is 15.8. The van der Waals surface area contributed by atoms with Gasteiger partial charge in [0, 0.05) is 5.69 Å². The number of hydrogen-bond donors (Lipinski definition) is 2. The van der Waals surface area contributed by atoms with Gasteiger partial charge in [0.25, 0.3) is 5.91 Å². The maximum absolute atomic E-state index is 13.7. The molecule has 1 amide bonds. The SMILES string of the molecule is CC[C@@H](Oc1ccccc1C)C(=O)Nc1cc(N)ccc1F. The number of nitrogens with two attached hydrogens (primary N) is 1. The molecule has 5 heteroatoms. The van der Waals surface area contributed by atoms with E-state index in [1.807, 2.05) is 32.0 Å². The minimum atomic E-state index is -0.707. The van der Waals surface area contributed by atoms with E-state index in [1.54, 1.807) is 6.07 Å². The van der Waals surface area contributed by atoms with Gasteiger partial charge in [-0.1, -0.05) is 25.1 Å². The summed E-state index contributed by atoms with van der Waals surface area (Å²) in [6.45, 7) is 3.73. The van der Waals surface area contributed by atoms with Gasteiger partial charge in [-0.15, -0.1) is 0 Å². The predicted octanol–water partition coefficient (Wildman–Crippen LogP) is 3.51. The van der Waals surface area contributed by atoms with Gasteiger partial charge in [-0.2, -0.15) is 0 Å². The number of rotatable bonds is 5. The Morgan fingerprint density at radius 1 is 1.32 bits per heavy atom. The molecule has 2 rings (SSSR count). The summed E-state index contributed by atoms with van der Waals surface area (Å²) in [6, 6.07) is 11.5. The fourth-order valence-electron chi connectivity index (χ4n) is 2.02. The molecule has 0 unspecified atom stereocenters. The van der Waals surface area contributed by atoms with Crippen LogP contribution in [0.5, 0.6) is 5.75 Å². The molecule has 1 atom stereocenters. The monoisotopic (exact) mass is 302 g/mol. The highest BCUT2D eigenvalue weighted by atomic mass is 19.1. The minimum absolute atomic E-state index is 0.0526. The average Bonchev–Trinajstić information content (AvgIpc) is 2.50. The van der Waals surface area contributed by atoms with Gasteiger partial charge >= 0.3 is 0 Å². The maximum Gasteiger partial charge on any atom is 0.265 e. The number of aryl methyl sites for hydroxylation is 1. The lowest BCUT2D eigenvalue weighted by Crippen LogP contribution is -2.32. The van der Waals surface area contributed by atoms with Crippen molar-refractivity contribution in [2.75, 3.05) is 11.1 Å². The molecule has 0 saturated heterocycles. The number of amides is 1. The average molecular weight is 302 g/mol. The number of anilines is 2. The first-order valence-corrected chi connectivity index (χ1v) is 7.09. The van der Waals surface area contributed by atoms with E-state index in [-0.39, 0.29) is 5.69 Å². The van der Waals surface area contributed by atoms with Crippen LogP contribution in [0.1, 0.15) is 18.9 Å². The molecule has 4 nitrogen and oxygen atoms in total. The van der Waals surface area contributed by atoms with Crippen LogP contribution in [0.4, 0.5) is 15.8 Å². The van der Waals surface area contributed by atoms with Gasteiger partial charge in [-0.3, -0.25) is 4.79 Å². The summed E-state index contributed by atoms with van der Waals surface area (Å²) in [5, 5.41) is 2.52. The summed E-state index contributed by atoms with van der Waals surface area (Å²) >= 11 is 0. The number of hydrogen-bond acceptors (Lipinski definition) is 3. The van der Waals surface area contributed by atoms with E-state index in [0.717, 1.165) is 5.56 Å². The van der Waals surface area contributed by atoms with Crippen LogP contribution in [-0.4, -0.2) is 12.0 Å². The lowest BCUT2D eigenvalue weighted by Gasteiger charge is -2.18. The van der Waals surface area contributed by atoms with Crippen molar-refractivity contribution in [3.05, 3.63) is 53.8 Å². The Labute approximate surface area is 129 Å². The highest BCUT2D eigenvalue weighted by Gasteiger charge is 2.20. The molecule has 116 valence electrons. The molecule has 0 fully saturated rings. The van der Waals surface area contributed by atoms with Gasteiger partial charge < -0.3 is 15.8 Å². The largest absolute Gasteiger partial charge is 0.480 e. The summed E-state index contributed by atoms with van der Waals surface area (Å²) in [7, 11) is 0. The van der Waals surface area contributed by atoms with Gasteiger partial charge in [0.1, 0.15) is 11.6 Å². The van der Waals surface area contributed by atoms with Gasteiger partial charge in [0.15, 0.2) is 6.10 Å². The van der Waals surface area contributed by atoms with E-state index >= 15 is 0 Å². The van der Waals surface area contributed by atoms with Crippen LogP contribution in [0.2, 0.25) is 0 Å². The van der Waals surface area contributed by atoms with E-state index < -0.39 is 17.8 Å². The first-order valence-electron chi connectivity index (χ1n) is 7.09. The Morgan fingerprint density at radius 2 is 2.05 bits per heavy atom. The van der Waals surface area contributed by atoms with Gasteiger partial charge in [0.05, 0.1) is 5.69 Å². The molecular formula is C17H19FN2O2. The third kappa shape index (κ3) is 3.75. The van der Waals surface area contributed by atoms with Crippen molar-refractivity contribution in [2.45, 2.75) is 26.4 Å². The van der Waals surface area contributed by atoms with Crippen molar-refractivity contribution in [3.8, 4) is 5.75 Å². The fraction of sp³-hybridized carbons (Fsp3) is 0.235. The Hall–Kier alpha value is -2.56. The van der Waals surface area contributed by atoms with Gasteiger partial charge in [-0.05, 0) is 43.2 Å². The summed E-state index contributed by atoms with van der Waals surface area (Å²) < 4.78 is 19.4. The van der Waals surface area contributed by atoms with E-state index in [2.05, 4.69) is 5.32 Å². The van der Waals surface area contributed by atoms with Crippen LogP contribution in [0.3, 0.4) is 0 Å². The number of carbonyl (C=O) groups excluding carboxylic acids is 1. The molecule has 3 N–H and O–H groups in total. The molecule has 0 aliphatic carbocycles. The fourth-order valence-corrected chi connectivity index (χ4v) is 2.02. The van der Waals surface area contributed by atoms with Crippen LogP contribution < -0.4 is 15.8 Å². The van der Waals surface area contributed by atoms with Crippen molar-refractivity contribution in [2.24, 2.45) is 0 Å². The number of nitrogen functional groups attached to an aromatic ring is 1. The Kier molecular flexibility index (Phi) is 4.99. The number of ether oxygens (including phenoxy) is 1. The third-order valence-corrected chi connectivity index (χ3v) is 3.27. The second-order valence-electron chi connectivity index (χ2n) is 5.01. The summed E-state index contributed by atoms with van der Waals surface area (Å²) in [5.41, 5.74) is 6.97. The molecule has 0 bridgehead atoms. The third-order valence-electron chi connectivity index (χ3n) is 3.27. The predicted molar refractivity (Wildman–Crippen MR) is 85.3 cm³/mol. The van der Waals surface area contributed by atoms with Crippen LogP contribution in [0.25, 0.3) is 0 Å². The molecule has 0 heterocycles. The molecule has 0 radical (unpaired) electrons. The van der Waals surface area contributed by atoms with E-state index in [9.17, 15) is 9.18 Å². The van der Waals surface area contributed by atoms with E-state index in [1.165, 1.54) is 18.2 Å². The lowest BCUT2D eigenvalue weighted by molar-refractivity contribution is -0.122. The molecule has 22 heavy (non-hydrogen) atoms. The number of para-hydroxylation sites is 1. The normalized spacial score (nSPS) is 11.8. The molecule has 0 aromatic heterocycles. The first-order chi connectivity index (χ1) is 10.5. The quantitative estimate of drug-likeness (QED) is 0.831. The molecule has 0 saturated carbocycles. The standard InChI is InChI=1S/C17H19FN2O2/c1-3-15(22-16-7-5-4-6-11(16)2)17(21)20-14-10-12(19)8-9-13(14)18/h4-10,15H,3,19H2,1-2H3,(H,20,21)/t15-/m1/s1. The van der Waals surface area contributed by atoms with Gasteiger partial charge in [-0.25, -0.2) is 4.39 Å². The zero-order chi connectivity index (χ0) is 16.1. The Bertz CT molecular complexity index is 673. The Morgan fingerprint density at radius 3 is 2.73 bits per heavy atom. The van der Waals surface area contributed by atoms with E-state index in [4.69, 9.17) is 10.5 Å². The number of nitrogens with one attached hydrogen (secondary N) is 1. The lowest BCUT2D eigenvalue weighted by atomic mass is 10.2. The summed E-state index contributed by atoms with van der Waals surface area (Å²) in [4.78, 5) is 12.3. The van der Waals surface area contributed by atoms with Crippen molar-refractivity contribution < 1.29 is 13.9 Å². The second kappa shape index (κ2) is 6.93. The molecule has 0 aliphatic heterocycles. The van der Waals surface area contributed by atoms with Crippen molar-refractivity contribution in [1.29, 1.82) is 0 Å². The van der Waals surface area contributed by atoms with Gasteiger partial charge in [0.2, 0.25) is 0 Å². The molecule has 2 aromatic rings. The number of carbonyl (C=O) groups is 1. The van der Waals surface area contributed by atoms with E-state index in [0.29, 0.717) is 17.9 Å².